The van der Waals surface area contributed by atoms with Crippen molar-refractivity contribution in [2.45, 2.75) is 12.8 Å². The summed E-state index contributed by atoms with van der Waals surface area (Å²) in [7, 11) is 0. The molecule has 2 rings (SSSR count). The van der Waals surface area contributed by atoms with Crippen molar-refractivity contribution in [2.24, 2.45) is 5.10 Å². The molecule has 1 saturated heterocycles. The fraction of sp³-hybridized carbons (Fsp3) is 0.273. The number of nitro benzene ring substituents is 1. The Morgan fingerprint density at radius 1 is 1.33 bits per heavy atom. The van der Waals surface area contributed by atoms with Gasteiger partial charge in [-0.25, -0.2) is 0 Å². The molecule has 1 aromatic carbocycles. The zero-order valence-corrected chi connectivity index (χ0v) is 9.55. The summed E-state index contributed by atoms with van der Waals surface area (Å²) in [5.74, 6) is -0.171. The Labute approximate surface area is 103 Å². The first-order valence-electron chi connectivity index (χ1n) is 5.52. The van der Waals surface area contributed by atoms with Gasteiger partial charge in [0.05, 0.1) is 10.6 Å². The maximum Gasteiger partial charge on any atom is 0.269 e. The van der Waals surface area contributed by atoms with Crippen LogP contribution in [0.25, 0.3) is 0 Å². The van der Waals surface area contributed by atoms with Crippen molar-refractivity contribution in [1.29, 1.82) is 0 Å². The number of benzene rings is 1. The molecule has 0 bridgehead atoms. The smallest absolute Gasteiger partial charge is 0.269 e. The molecule has 1 amide bonds. The molecule has 0 atom stereocenters. The van der Waals surface area contributed by atoms with Crippen LogP contribution in [0.4, 0.5) is 11.4 Å². The Balaban J connectivity index is 2.03. The van der Waals surface area contributed by atoms with Crippen LogP contribution in [0, 0.1) is 10.1 Å². The van der Waals surface area contributed by atoms with Crippen LogP contribution in [-0.4, -0.2) is 23.1 Å². The number of rotatable bonds is 3. The van der Waals surface area contributed by atoms with Crippen molar-refractivity contribution in [3.63, 3.8) is 0 Å². The Morgan fingerprint density at radius 2 is 2.06 bits per heavy atom. The molecule has 0 saturated carbocycles. The third-order valence-electron chi connectivity index (χ3n) is 2.54. The van der Waals surface area contributed by atoms with Crippen LogP contribution in [0.5, 0.6) is 0 Å². The number of carbonyl (C=O) groups is 1. The first-order valence-corrected chi connectivity index (χ1v) is 5.52. The Morgan fingerprint density at radius 3 is 2.67 bits per heavy atom. The molecule has 7 heteroatoms. The minimum Gasteiger partial charge on any atom is -0.351 e. The van der Waals surface area contributed by atoms with Crippen molar-refractivity contribution >= 4 is 23.0 Å². The van der Waals surface area contributed by atoms with Gasteiger partial charge in [-0.3, -0.25) is 20.3 Å². The summed E-state index contributed by atoms with van der Waals surface area (Å²) in [6.45, 7) is 0.676. The van der Waals surface area contributed by atoms with Crippen molar-refractivity contribution in [1.82, 2.24) is 5.32 Å². The molecule has 1 fully saturated rings. The molecule has 7 nitrogen and oxygen atoms in total. The van der Waals surface area contributed by atoms with Crippen LogP contribution in [0.2, 0.25) is 0 Å². The van der Waals surface area contributed by atoms with Crippen molar-refractivity contribution in [3.05, 3.63) is 34.4 Å². The average Bonchev–Trinajstić information content (AvgIpc) is 2.38. The second-order valence-corrected chi connectivity index (χ2v) is 3.83. The number of hydrazone groups is 1. The topological polar surface area (TPSA) is 96.6 Å². The Kier molecular flexibility index (Phi) is 3.52. The lowest BCUT2D eigenvalue weighted by atomic mass is 10.1. The maximum absolute atomic E-state index is 11.4. The predicted octanol–water partition coefficient (Wildman–Crippen LogP) is 1.27. The van der Waals surface area contributed by atoms with Gasteiger partial charge in [-0.15, -0.1) is 0 Å². The number of anilines is 1. The molecule has 2 N–H and O–H groups in total. The average molecular weight is 248 g/mol. The largest absolute Gasteiger partial charge is 0.351 e. The highest BCUT2D eigenvalue weighted by molar-refractivity contribution is 6.39. The van der Waals surface area contributed by atoms with Crippen LogP contribution in [0.1, 0.15) is 12.8 Å². The lowest BCUT2D eigenvalue weighted by Gasteiger charge is -2.13. The standard InChI is InChI=1S/C11H12N4O3/c16-11-10(2-1-7-12-11)14-13-8-3-5-9(6-4-8)15(17)18/h3-6,13H,1-2,7H2,(H,12,16). The zero-order chi connectivity index (χ0) is 13.0. The number of hydrogen-bond donors (Lipinski definition) is 2. The summed E-state index contributed by atoms with van der Waals surface area (Å²) in [4.78, 5) is 21.4. The van der Waals surface area contributed by atoms with Gasteiger partial charge in [-0.05, 0) is 25.0 Å². The SMILES string of the molecule is O=C1NCCCC1=NNc1ccc([N+](=O)[O-])cc1. The summed E-state index contributed by atoms with van der Waals surface area (Å²) in [6, 6.07) is 5.85. The molecular formula is C11H12N4O3. The van der Waals surface area contributed by atoms with Gasteiger partial charge in [0.1, 0.15) is 5.71 Å². The number of piperidine rings is 1. The van der Waals surface area contributed by atoms with Gasteiger partial charge in [0.2, 0.25) is 0 Å². The third kappa shape index (κ3) is 2.82. The minimum absolute atomic E-state index is 0.0172. The van der Waals surface area contributed by atoms with Crippen LogP contribution in [0.3, 0.4) is 0 Å². The van der Waals surface area contributed by atoms with Crippen LogP contribution < -0.4 is 10.7 Å². The fourth-order valence-electron chi connectivity index (χ4n) is 1.57. The maximum atomic E-state index is 11.4. The fourth-order valence-corrected chi connectivity index (χ4v) is 1.57. The molecule has 1 aliphatic rings. The quantitative estimate of drug-likeness (QED) is 0.621. The normalized spacial score (nSPS) is 17.3. The third-order valence-corrected chi connectivity index (χ3v) is 2.54. The van der Waals surface area contributed by atoms with Crippen LogP contribution >= 0.6 is 0 Å². The van der Waals surface area contributed by atoms with E-state index < -0.39 is 4.92 Å². The highest BCUT2D eigenvalue weighted by Gasteiger charge is 2.15. The van der Waals surface area contributed by atoms with Crippen molar-refractivity contribution in [3.8, 4) is 0 Å². The Bertz CT molecular complexity index is 496. The summed E-state index contributed by atoms with van der Waals surface area (Å²) in [6.07, 6.45) is 1.50. The van der Waals surface area contributed by atoms with Gasteiger partial charge < -0.3 is 5.32 Å². The molecule has 94 valence electrons. The minimum atomic E-state index is -0.468. The zero-order valence-electron chi connectivity index (χ0n) is 9.55. The van der Waals surface area contributed by atoms with Gasteiger partial charge in [0.15, 0.2) is 0 Å². The second kappa shape index (κ2) is 5.26. The van der Waals surface area contributed by atoms with E-state index in [1.54, 1.807) is 12.1 Å². The first kappa shape index (κ1) is 12.0. The highest BCUT2D eigenvalue weighted by atomic mass is 16.6. The number of nitro groups is 1. The summed E-state index contributed by atoms with van der Waals surface area (Å²) in [5.41, 5.74) is 3.78. The van der Waals surface area contributed by atoms with E-state index in [-0.39, 0.29) is 11.6 Å². The van der Waals surface area contributed by atoms with Gasteiger partial charge >= 0.3 is 0 Å². The molecule has 18 heavy (non-hydrogen) atoms. The molecule has 1 aliphatic heterocycles. The lowest BCUT2D eigenvalue weighted by Crippen LogP contribution is -2.37. The predicted molar refractivity (Wildman–Crippen MR) is 66.4 cm³/mol. The van der Waals surface area contributed by atoms with E-state index >= 15 is 0 Å². The number of amides is 1. The van der Waals surface area contributed by atoms with Gasteiger partial charge in [-0.1, -0.05) is 0 Å². The van der Waals surface area contributed by atoms with E-state index in [2.05, 4.69) is 15.8 Å². The van der Waals surface area contributed by atoms with Crippen LogP contribution in [-0.2, 0) is 4.79 Å². The van der Waals surface area contributed by atoms with Crippen LogP contribution in [0.15, 0.2) is 29.4 Å². The molecule has 0 aromatic heterocycles. The molecule has 0 unspecified atom stereocenters. The monoisotopic (exact) mass is 248 g/mol. The number of non-ortho nitro benzene ring substituents is 1. The molecule has 1 heterocycles. The molecule has 0 radical (unpaired) electrons. The van der Waals surface area contributed by atoms with Crippen molar-refractivity contribution in [2.75, 3.05) is 12.0 Å². The van der Waals surface area contributed by atoms with Crippen molar-refractivity contribution < 1.29 is 9.72 Å². The summed E-state index contributed by atoms with van der Waals surface area (Å²) in [5, 5.41) is 17.2. The highest BCUT2D eigenvalue weighted by Crippen LogP contribution is 2.15. The van der Waals surface area contributed by atoms with E-state index in [1.807, 2.05) is 0 Å². The number of nitrogens with one attached hydrogen (secondary N) is 2. The summed E-state index contributed by atoms with van der Waals surface area (Å²) >= 11 is 0. The number of hydrogen-bond acceptors (Lipinski definition) is 5. The van der Waals surface area contributed by atoms with Gasteiger partial charge in [-0.2, -0.15) is 5.10 Å². The molecule has 1 aromatic rings. The summed E-state index contributed by atoms with van der Waals surface area (Å²) < 4.78 is 0. The van der Waals surface area contributed by atoms with E-state index in [0.717, 1.165) is 6.42 Å². The first-order chi connectivity index (χ1) is 8.66. The van der Waals surface area contributed by atoms with Gasteiger partial charge in [0.25, 0.3) is 11.6 Å². The molecule has 0 spiro atoms. The van der Waals surface area contributed by atoms with E-state index in [9.17, 15) is 14.9 Å². The molecule has 0 aliphatic carbocycles. The lowest BCUT2D eigenvalue weighted by molar-refractivity contribution is -0.384. The Hall–Kier alpha value is -2.44. The number of nitrogens with zero attached hydrogens (tertiary/aromatic N) is 2. The second-order valence-electron chi connectivity index (χ2n) is 3.83. The van der Waals surface area contributed by atoms with E-state index in [4.69, 9.17) is 0 Å². The van der Waals surface area contributed by atoms with E-state index in [0.29, 0.717) is 24.4 Å². The molecular weight excluding hydrogens is 236 g/mol. The van der Waals surface area contributed by atoms with Gasteiger partial charge in [0, 0.05) is 18.7 Å². The van der Waals surface area contributed by atoms with E-state index in [1.165, 1.54) is 12.1 Å². The number of carbonyl (C=O) groups excluding carboxylic acids is 1.